The summed E-state index contributed by atoms with van der Waals surface area (Å²) in [5, 5.41) is 18.0. The maximum absolute atomic E-state index is 12.1. The number of hydrogen-bond donors (Lipinski definition) is 2. The van der Waals surface area contributed by atoms with E-state index in [1.807, 2.05) is 0 Å². The van der Waals surface area contributed by atoms with E-state index in [9.17, 15) is 14.7 Å². The van der Waals surface area contributed by atoms with E-state index in [0.29, 0.717) is 26.1 Å². The molecule has 2 atom stereocenters. The quantitative estimate of drug-likeness (QED) is 0.782. The summed E-state index contributed by atoms with van der Waals surface area (Å²) in [6.07, 6.45) is 2.15. The molecule has 0 aromatic rings. The highest BCUT2D eigenvalue weighted by molar-refractivity contribution is 5.74. The van der Waals surface area contributed by atoms with Gasteiger partial charge in [-0.1, -0.05) is 0 Å². The van der Waals surface area contributed by atoms with Crippen molar-refractivity contribution < 1.29 is 19.8 Å². The summed E-state index contributed by atoms with van der Waals surface area (Å²) in [6, 6.07) is -0.0825. The summed E-state index contributed by atoms with van der Waals surface area (Å²) in [5.41, 5.74) is 0. The molecule has 1 aliphatic heterocycles. The zero-order chi connectivity index (χ0) is 14.4. The van der Waals surface area contributed by atoms with Gasteiger partial charge in [-0.2, -0.15) is 0 Å². The molecule has 0 aromatic heterocycles. The van der Waals surface area contributed by atoms with Crippen molar-refractivity contribution >= 4 is 12.0 Å². The monoisotopic (exact) mass is 272 g/mol. The van der Waals surface area contributed by atoms with Gasteiger partial charge in [0.05, 0.1) is 6.10 Å². The molecule has 6 nitrogen and oxygen atoms in total. The molecule has 0 spiro atoms. The van der Waals surface area contributed by atoms with Crippen LogP contribution in [0.25, 0.3) is 0 Å². The lowest BCUT2D eigenvalue weighted by Crippen LogP contribution is -2.47. The molecule has 110 valence electrons. The number of urea groups is 1. The van der Waals surface area contributed by atoms with Gasteiger partial charge >= 0.3 is 12.0 Å². The molecule has 2 amide bonds. The van der Waals surface area contributed by atoms with Crippen LogP contribution >= 0.6 is 0 Å². The van der Waals surface area contributed by atoms with Gasteiger partial charge in [0, 0.05) is 33.1 Å². The van der Waals surface area contributed by atoms with Gasteiger partial charge < -0.3 is 20.0 Å². The third-order valence-electron chi connectivity index (χ3n) is 3.42. The summed E-state index contributed by atoms with van der Waals surface area (Å²) in [6.45, 7) is 3.30. The van der Waals surface area contributed by atoms with Crippen molar-refractivity contribution in [1.82, 2.24) is 9.80 Å². The molecule has 1 heterocycles. The Morgan fingerprint density at radius 3 is 2.74 bits per heavy atom. The predicted octanol–water partition coefficient (Wildman–Crippen LogP) is 0.996. The number of amides is 2. The van der Waals surface area contributed by atoms with E-state index in [2.05, 4.69) is 0 Å². The first kappa shape index (κ1) is 15.8. The fraction of sp³-hybridized carbons (Fsp3) is 0.846. The molecule has 1 saturated heterocycles. The Hall–Kier alpha value is -1.30. The molecular formula is C13H24N2O4. The Bertz CT molecular complexity index is 320. The Balaban J connectivity index is 2.44. The lowest BCUT2D eigenvalue weighted by molar-refractivity contribution is -0.137. The van der Waals surface area contributed by atoms with E-state index < -0.39 is 12.1 Å². The van der Waals surface area contributed by atoms with Gasteiger partial charge in [-0.15, -0.1) is 0 Å². The molecule has 0 saturated carbocycles. The van der Waals surface area contributed by atoms with Crippen LogP contribution in [0.2, 0.25) is 0 Å². The van der Waals surface area contributed by atoms with Crippen molar-refractivity contribution in [2.24, 2.45) is 5.92 Å². The van der Waals surface area contributed by atoms with Crippen LogP contribution in [-0.4, -0.2) is 64.8 Å². The zero-order valence-corrected chi connectivity index (χ0v) is 11.7. The molecule has 19 heavy (non-hydrogen) atoms. The van der Waals surface area contributed by atoms with Crippen LogP contribution in [0.1, 0.15) is 32.6 Å². The number of hydrogen-bond acceptors (Lipinski definition) is 3. The molecule has 2 N–H and O–H groups in total. The van der Waals surface area contributed by atoms with E-state index in [1.54, 1.807) is 18.9 Å². The van der Waals surface area contributed by atoms with Gasteiger partial charge in [-0.05, 0) is 32.1 Å². The van der Waals surface area contributed by atoms with Gasteiger partial charge in [0.1, 0.15) is 0 Å². The number of rotatable bonds is 5. The molecule has 1 rings (SSSR count). The van der Waals surface area contributed by atoms with Crippen LogP contribution in [0, 0.1) is 5.92 Å². The number of aliphatic carboxylic acids is 1. The highest BCUT2D eigenvalue weighted by atomic mass is 16.4. The van der Waals surface area contributed by atoms with Gasteiger partial charge in [-0.3, -0.25) is 4.79 Å². The number of carboxylic acids is 1. The molecule has 0 aromatic carbocycles. The second-order valence-electron chi connectivity index (χ2n) is 5.40. The van der Waals surface area contributed by atoms with Crippen molar-refractivity contribution in [2.45, 2.75) is 38.7 Å². The average Bonchev–Trinajstić information content (AvgIpc) is 2.35. The number of carboxylic acid groups (broad SMARTS) is 1. The number of piperidine rings is 1. The van der Waals surface area contributed by atoms with Crippen LogP contribution in [0.4, 0.5) is 4.79 Å². The number of likely N-dealkylation sites (N-methyl/N-ethyl adjacent to an activating group) is 1. The molecule has 0 bridgehead atoms. The average molecular weight is 272 g/mol. The molecule has 6 heteroatoms. The fourth-order valence-corrected chi connectivity index (χ4v) is 2.52. The second-order valence-corrected chi connectivity index (χ2v) is 5.40. The first-order valence-corrected chi connectivity index (χ1v) is 6.80. The third kappa shape index (κ3) is 5.46. The largest absolute Gasteiger partial charge is 0.481 e. The van der Waals surface area contributed by atoms with E-state index in [-0.39, 0.29) is 18.4 Å². The van der Waals surface area contributed by atoms with E-state index in [0.717, 1.165) is 12.8 Å². The van der Waals surface area contributed by atoms with Crippen LogP contribution in [0.5, 0.6) is 0 Å². The highest BCUT2D eigenvalue weighted by Crippen LogP contribution is 2.21. The molecular weight excluding hydrogens is 248 g/mol. The number of aliphatic hydroxyl groups is 1. The van der Waals surface area contributed by atoms with Crippen molar-refractivity contribution in [3.63, 3.8) is 0 Å². The van der Waals surface area contributed by atoms with E-state index >= 15 is 0 Å². The molecule has 1 aliphatic rings. The molecule has 2 unspecified atom stereocenters. The fourth-order valence-electron chi connectivity index (χ4n) is 2.52. The Morgan fingerprint density at radius 2 is 2.16 bits per heavy atom. The van der Waals surface area contributed by atoms with Gasteiger partial charge in [0.15, 0.2) is 0 Å². The smallest absolute Gasteiger partial charge is 0.319 e. The zero-order valence-electron chi connectivity index (χ0n) is 11.7. The third-order valence-corrected chi connectivity index (χ3v) is 3.42. The Morgan fingerprint density at radius 1 is 1.47 bits per heavy atom. The summed E-state index contributed by atoms with van der Waals surface area (Å²) >= 11 is 0. The SMILES string of the molecule is CC(O)CN(C)C(=O)N1CCCC(CCC(=O)O)C1. The van der Waals surface area contributed by atoms with E-state index in [1.165, 1.54) is 4.90 Å². The van der Waals surface area contributed by atoms with E-state index in [4.69, 9.17) is 5.11 Å². The minimum absolute atomic E-state index is 0.0825. The Labute approximate surface area is 114 Å². The minimum atomic E-state index is -0.783. The van der Waals surface area contributed by atoms with Crippen LogP contribution in [-0.2, 0) is 4.79 Å². The van der Waals surface area contributed by atoms with Gasteiger partial charge in [-0.25, -0.2) is 4.79 Å². The first-order chi connectivity index (χ1) is 8.90. The van der Waals surface area contributed by atoms with Gasteiger partial charge in [0.25, 0.3) is 0 Å². The van der Waals surface area contributed by atoms with Crippen LogP contribution in [0.15, 0.2) is 0 Å². The second kappa shape index (κ2) is 7.33. The lowest BCUT2D eigenvalue weighted by Gasteiger charge is -2.35. The number of carbonyl (C=O) groups excluding carboxylic acids is 1. The molecule has 1 fully saturated rings. The highest BCUT2D eigenvalue weighted by Gasteiger charge is 2.26. The number of likely N-dealkylation sites (tertiary alicyclic amines) is 1. The van der Waals surface area contributed by atoms with Crippen molar-refractivity contribution in [3.05, 3.63) is 0 Å². The normalized spacial score (nSPS) is 21.0. The summed E-state index contributed by atoms with van der Waals surface area (Å²) in [5.74, 6) is -0.511. The summed E-state index contributed by atoms with van der Waals surface area (Å²) in [4.78, 5) is 26.0. The van der Waals surface area contributed by atoms with Crippen LogP contribution < -0.4 is 0 Å². The maximum Gasteiger partial charge on any atom is 0.319 e. The maximum atomic E-state index is 12.1. The minimum Gasteiger partial charge on any atom is -0.481 e. The summed E-state index contributed by atoms with van der Waals surface area (Å²) in [7, 11) is 1.68. The van der Waals surface area contributed by atoms with Crippen molar-refractivity contribution in [3.8, 4) is 0 Å². The summed E-state index contributed by atoms with van der Waals surface area (Å²) < 4.78 is 0. The predicted molar refractivity (Wildman–Crippen MR) is 70.9 cm³/mol. The molecule has 0 radical (unpaired) electrons. The number of aliphatic hydroxyl groups excluding tert-OH is 1. The topological polar surface area (TPSA) is 81.1 Å². The standard InChI is InChI=1S/C13H24N2O4/c1-10(16)8-14(2)13(19)15-7-3-4-11(9-15)5-6-12(17)18/h10-11,16H,3-9H2,1-2H3,(H,17,18). The lowest BCUT2D eigenvalue weighted by atomic mass is 9.93. The van der Waals surface area contributed by atoms with Crippen molar-refractivity contribution in [1.29, 1.82) is 0 Å². The number of carbonyl (C=O) groups is 2. The Kier molecular flexibility index (Phi) is 6.08. The molecule has 0 aliphatic carbocycles. The first-order valence-electron chi connectivity index (χ1n) is 6.80. The number of nitrogens with zero attached hydrogens (tertiary/aromatic N) is 2. The van der Waals surface area contributed by atoms with Gasteiger partial charge in [0.2, 0.25) is 0 Å². The van der Waals surface area contributed by atoms with Crippen molar-refractivity contribution in [2.75, 3.05) is 26.7 Å². The van der Waals surface area contributed by atoms with Crippen LogP contribution in [0.3, 0.4) is 0 Å².